The number of carbonyl (C=O) groups is 1. The van der Waals surface area contributed by atoms with E-state index >= 15 is 0 Å². The van der Waals surface area contributed by atoms with E-state index in [0.29, 0.717) is 12.8 Å². The van der Waals surface area contributed by atoms with Crippen molar-refractivity contribution in [3.63, 3.8) is 0 Å². The van der Waals surface area contributed by atoms with E-state index in [2.05, 4.69) is 4.89 Å². The predicted octanol–water partition coefficient (Wildman–Crippen LogP) is 4.08. The molecule has 0 heterocycles. The van der Waals surface area contributed by atoms with Crippen molar-refractivity contribution in [3.8, 4) is 0 Å². The van der Waals surface area contributed by atoms with Crippen molar-refractivity contribution >= 4 is 5.97 Å². The molecule has 0 radical (unpaired) electrons. The predicted molar refractivity (Wildman–Crippen MR) is 83.6 cm³/mol. The van der Waals surface area contributed by atoms with Crippen LogP contribution in [0, 0.1) is 17.8 Å². The lowest BCUT2D eigenvalue weighted by Crippen LogP contribution is -2.41. The van der Waals surface area contributed by atoms with Crippen LogP contribution in [0.3, 0.4) is 0 Å². The lowest BCUT2D eigenvalue weighted by molar-refractivity contribution is -0.567. The zero-order valence-electron chi connectivity index (χ0n) is 15.5. The lowest BCUT2D eigenvalue weighted by Gasteiger charge is -2.33. The zero-order valence-corrected chi connectivity index (χ0v) is 15.5. The fourth-order valence-corrected chi connectivity index (χ4v) is 2.05. The second-order valence-corrected chi connectivity index (χ2v) is 7.36. The fraction of sp³-hybridized carbons (Fsp3) is 0.938. The highest BCUT2D eigenvalue weighted by atomic mass is 17.3. The summed E-state index contributed by atoms with van der Waals surface area (Å²) in [6.45, 7) is 14.4. The van der Waals surface area contributed by atoms with Gasteiger partial charge in [-0.05, 0) is 25.7 Å². The third kappa shape index (κ3) is 9.22. The second kappa shape index (κ2) is 9.54. The summed E-state index contributed by atoms with van der Waals surface area (Å²) in [7, 11) is 0. The monoisotopic (exact) mass is 336 g/mol. The van der Waals surface area contributed by atoms with Crippen molar-refractivity contribution in [2.45, 2.75) is 79.8 Å². The Morgan fingerprint density at radius 2 is 1.30 bits per heavy atom. The van der Waals surface area contributed by atoms with Crippen molar-refractivity contribution in [2.75, 3.05) is 0 Å². The van der Waals surface area contributed by atoms with Crippen LogP contribution in [0.4, 0.5) is 0 Å². The van der Waals surface area contributed by atoms with Crippen molar-refractivity contribution in [3.05, 3.63) is 0 Å². The van der Waals surface area contributed by atoms with Crippen LogP contribution >= 0.6 is 0 Å². The Kier molecular flexibility index (Phi) is 9.24. The van der Waals surface area contributed by atoms with Gasteiger partial charge in [0.05, 0.1) is 5.92 Å². The van der Waals surface area contributed by atoms with Gasteiger partial charge >= 0.3 is 5.97 Å². The summed E-state index contributed by atoms with van der Waals surface area (Å²) in [6.07, 6.45) is 0.800. The average Bonchev–Trinajstić information content (AvgIpc) is 2.41. The number of hydrogen-bond donors (Lipinski definition) is 1. The molecule has 0 spiro atoms. The maximum absolute atomic E-state index is 11.6. The Morgan fingerprint density at radius 3 is 1.70 bits per heavy atom. The SMILES string of the molecule is CC(C)CC(C)(OO)OOC(C)(CC(C)C)OOC(=O)C(C)C. The zero-order chi connectivity index (χ0) is 18.3. The van der Waals surface area contributed by atoms with E-state index in [1.165, 1.54) is 0 Å². The van der Waals surface area contributed by atoms with Crippen LogP contribution in [0.15, 0.2) is 0 Å². The number of carbonyl (C=O) groups excluding carboxylic acids is 1. The third-order valence-electron chi connectivity index (χ3n) is 2.92. The van der Waals surface area contributed by atoms with Gasteiger partial charge < -0.3 is 0 Å². The summed E-state index contributed by atoms with van der Waals surface area (Å²) in [5.74, 6) is -3.12. The Bertz CT molecular complexity index is 356. The molecule has 0 saturated heterocycles. The van der Waals surface area contributed by atoms with Gasteiger partial charge in [0.15, 0.2) is 0 Å². The summed E-state index contributed by atoms with van der Waals surface area (Å²) in [5.41, 5.74) is 0. The Balaban J connectivity index is 4.85. The van der Waals surface area contributed by atoms with Crippen LogP contribution < -0.4 is 0 Å². The molecule has 0 aromatic rings. The first-order valence-corrected chi connectivity index (χ1v) is 8.02. The molecule has 0 amide bonds. The van der Waals surface area contributed by atoms with E-state index < -0.39 is 17.5 Å². The van der Waals surface area contributed by atoms with Gasteiger partial charge in [0.25, 0.3) is 0 Å². The first-order valence-electron chi connectivity index (χ1n) is 8.02. The second-order valence-electron chi connectivity index (χ2n) is 7.36. The van der Waals surface area contributed by atoms with Crippen LogP contribution in [0.5, 0.6) is 0 Å². The van der Waals surface area contributed by atoms with Gasteiger partial charge in [0.1, 0.15) is 0 Å². The molecule has 2 atom stereocenters. The molecule has 0 aromatic heterocycles. The first kappa shape index (κ1) is 22.3. The smallest absolute Gasteiger partial charge is 0.295 e. The van der Waals surface area contributed by atoms with Gasteiger partial charge in [-0.3, -0.25) is 4.89 Å². The minimum atomic E-state index is -1.35. The average molecular weight is 336 g/mol. The molecule has 0 saturated carbocycles. The molecule has 0 bridgehead atoms. The van der Waals surface area contributed by atoms with E-state index in [4.69, 9.17) is 24.8 Å². The minimum Gasteiger partial charge on any atom is -0.295 e. The van der Waals surface area contributed by atoms with Crippen LogP contribution in [-0.4, -0.2) is 22.8 Å². The first-order chi connectivity index (χ1) is 10.4. The van der Waals surface area contributed by atoms with E-state index in [0.717, 1.165) is 0 Å². The Labute approximate surface area is 139 Å². The molecule has 0 aromatic carbocycles. The van der Waals surface area contributed by atoms with Crippen LogP contribution in [0.2, 0.25) is 0 Å². The molecule has 2 unspecified atom stereocenters. The van der Waals surface area contributed by atoms with Crippen LogP contribution in [0.25, 0.3) is 0 Å². The summed E-state index contributed by atoms with van der Waals surface area (Å²) in [6, 6.07) is 0. The molecule has 7 nitrogen and oxygen atoms in total. The molecular formula is C16H32O7. The molecule has 23 heavy (non-hydrogen) atoms. The summed E-state index contributed by atoms with van der Waals surface area (Å²) in [4.78, 5) is 36.6. The molecule has 138 valence electrons. The number of rotatable bonds is 11. The highest BCUT2D eigenvalue weighted by Crippen LogP contribution is 2.29. The molecule has 0 aliphatic carbocycles. The van der Waals surface area contributed by atoms with Crippen LogP contribution in [-0.2, 0) is 29.2 Å². The number of hydrogen-bond acceptors (Lipinski definition) is 7. The van der Waals surface area contributed by atoms with Gasteiger partial charge in [-0.25, -0.2) is 14.9 Å². The summed E-state index contributed by atoms with van der Waals surface area (Å²) in [5, 5.41) is 9.07. The van der Waals surface area contributed by atoms with E-state index in [1.54, 1.807) is 27.7 Å². The molecule has 0 rings (SSSR count). The molecule has 7 heteroatoms. The van der Waals surface area contributed by atoms with E-state index in [9.17, 15) is 4.79 Å². The largest absolute Gasteiger partial charge is 0.345 e. The maximum atomic E-state index is 11.6. The highest BCUT2D eigenvalue weighted by Gasteiger charge is 2.38. The molecule has 0 aliphatic rings. The standard InChI is InChI=1S/C16H32O7/c1-11(2)9-15(7,20-18)22-23-16(8,10-12(3)4)21-19-14(17)13(5)6/h11-13,18H,9-10H2,1-8H3. The maximum Gasteiger partial charge on any atom is 0.345 e. The normalized spacial score (nSPS) is 17.4. The van der Waals surface area contributed by atoms with Crippen molar-refractivity contribution in [2.24, 2.45) is 17.8 Å². The quantitative estimate of drug-likeness (QED) is 0.346. The molecule has 0 aliphatic heterocycles. The molecule has 1 N–H and O–H groups in total. The van der Waals surface area contributed by atoms with Gasteiger partial charge in [-0.2, -0.15) is 9.78 Å². The Hall–Kier alpha value is -0.730. The van der Waals surface area contributed by atoms with Gasteiger partial charge in [-0.1, -0.05) is 41.5 Å². The lowest BCUT2D eigenvalue weighted by atomic mass is 10.0. The minimum absolute atomic E-state index is 0.188. The highest BCUT2D eigenvalue weighted by molar-refractivity contribution is 5.70. The van der Waals surface area contributed by atoms with Gasteiger partial charge in [0.2, 0.25) is 11.6 Å². The third-order valence-corrected chi connectivity index (χ3v) is 2.92. The summed E-state index contributed by atoms with van der Waals surface area (Å²) < 4.78 is 0. The van der Waals surface area contributed by atoms with Crippen molar-refractivity contribution in [1.29, 1.82) is 0 Å². The van der Waals surface area contributed by atoms with Crippen LogP contribution in [0.1, 0.15) is 68.2 Å². The molecular weight excluding hydrogens is 304 g/mol. The summed E-state index contributed by atoms with van der Waals surface area (Å²) >= 11 is 0. The fourth-order valence-electron chi connectivity index (χ4n) is 2.05. The van der Waals surface area contributed by atoms with Crippen molar-refractivity contribution in [1.82, 2.24) is 0 Å². The molecule has 0 fully saturated rings. The Morgan fingerprint density at radius 1 is 0.870 bits per heavy atom. The van der Waals surface area contributed by atoms with E-state index in [-0.39, 0.29) is 17.8 Å². The van der Waals surface area contributed by atoms with Gasteiger partial charge in [-0.15, -0.1) is 4.89 Å². The van der Waals surface area contributed by atoms with E-state index in [1.807, 2.05) is 27.7 Å². The van der Waals surface area contributed by atoms with Crippen molar-refractivity contribution < 1.29 is 34.5 Å². The van der Waals surface area contributed by atoms with Gasteiger partial charge in [0, 0.05) is 12.8 Å². The topological polar surface area (TPSA) is 83.5 Å².